The molecule has 0 amide bonds. The number of benzene rings is 3. The minimum atomic E-state index is 0.748. The summed E-state index contributed by atoms with van der Waals surface area (Å²) in [5, 5.41) is 0. The molecule has 132 valence electrons. The first-order valence-electron chi connectivity index (χ1n) is 10.1. The maximum absolute atomic E-state index is 2.52. The summed E-state index contributed by atoms with van der Waals surface area (Å²) in [5.74, 6) is 0.748. The molecular formula is C26H28. The van der Waals surface area contributed by atoms with Crippen LogP contribution in [0.2, 0.25) is 0 Å². The van der Waals surface area contributed by atoms with Crippen molar-refractivity contribution in [1.82, 2.24) is 0 Å². The summed E-state index contributed by atoms with van der Waals surface area (Å²) in [6.07, 6.45) is 7.80. The lowest BCUT2D eigenvalue weighted by Crippen LogP contribution is -2.00. The summed E-state index contributed by atoms with van der Waals surface area (Å²) in [5.41, 5.74) is 8.59. The van der Waals surface area contributed by atoms with Crippen molar-refractivity contribution in [1.29, 1.82) is 0 Å². The van der Waals surface area contributed by atoms with Gasteiger partial charge in [0.05, 0.1) is 0 Å². The number of hydrogen-bond acceptors (Lipinski definition) is 0. The van der Waals surface area contributed by atoms with Crippen LogP contribution in [-0.4, -0.2) is 0 Å². The quantitative estimate of drug-likeness (QED) is 0.448. The Hall–Kier alpha value is -2.34. The normalized spacial score (nSPS) is 14.7. The molecular weight excluding hydrogens is 312 g/mol. The topological polar surface area (TPSA) is 0 Å². The van der Waals surface area contributed by atoms with E-state index in [9.17, 15) is 0 Å². The van der Waals surface area contributed by atoms with E-state index >= 15 is 0 Å². The molecule has 3 aromatic rings. The summed E-state index contributed by atoms with van der Waals surface area (Å²) >= 11 is 0. The van der Waals surface area contributed by atoms with E-state index in [1.165, 1.54) is 59.9 Å². The van der Waals surface area contributed by atoms with Crippen molar-refractivity contribution < 1.29 is 0 Å². The van der Waals surface area contributed by atoms with Gasteiger partial charge in [-0.05, 0) is 58.6 Å². The summed E-state index contributed by atoms with van der Waals surface area (Å²) in [4.78, 5) is 0. The number of rotatable bonds is 5. The van der Waals surface area contributed by atoms with Crippen molar-refractivity contribution >= 4 is 0 Å². The van der Waals surface area contributed by atoms with Gasteiger partial charge in [0.25, 0.3) is 0 Å². The highest BCUT2D eigenvalue weighted by Crippen LogP contribution is 2.41. The fourth-order valence-corrected chi connectivity index (χ4v) is 4.48. The molecule has 1 saturated carbocycles. The first-order chi connectivity index (χ1) is 12.9. The van der Waals surface area contributed by atoms with E-state index in [0.717, 1.165) is 12.3 Å². The van der Waals surface area contributed by atoms with Gasteiger partial charge < -0.3 is 0 Å². The van der Waals surface area contributed by atoms with Gasteiger partial charge in [0.1, 0.15) is 0 Å². The zero-order valence-electron chi connectivity index (χ0n) is 15.7. The SMILES string of the molecule is CCCc1cc(C2CCCC2)cc(-c2ccccc2)c1-c1ccccc1. The highest BCUT2D eigenvalue weighted by molar-refractivity contribution is 5.86. The Morgan fingerprint density at radius 1 is 0.769 bits per heavy atom. The van der Waals surface area contributed by atoms with E-state index in [1.54, 1.807) is 5.56 Å². The number of aryl methyl sites for hydroxylation is 1. The van der Waals surface area contributed by atoms with Crippen LogP contribution in [0.5, 0.6) is 0 Å². The maximum atomic E-state index is 2.52. The van der Waals surface area contributed by atoms with Crippen molar-refractivity contribution in [3.63, 3.8) is 0 Å². The van der Waals surface area contributed by atoms with Crippen LogP contribution in [-0.2, 0) is 6.42 Å². The van der Waals surface area contributed by atoms with Gasteiger partial charge in [-0.2, -0.15) is 0 Å². The Morgan fingerprint density at radius 3 is 2.00 bits per heavy atom. The Bertz CT molecular complexity index is 840. The third kappa shape index (κ3) is 3.46. The molecule has 0 N–H and O–H groups in total. The highest BCUT2D eigenvalue weighted by atomic mass is 14.3. The van der Waals surface area contributed by atoms with E-state index in [1.807, 2.05) is 0 Å². The molecule has 0 heterocycles. The minimum absolute atomic E-state index is 0.748. The van der Waals surface area contributed by atoms with Gasteiger partial charge in [0, 0.05) is 0 Å². The van der Waals surface area contributed by atoms with Crippen LogP contribution >= 0.6 is 0 Å². The molecule has 0 radical (unpaired) electrons. The van der Waals surface area contributed by atoms with Gasteiger partial charge >= 0.3 is 0 Å². The Balaban J connectivity index is 1.95. The molecule has 0 atom stereocenters. The molecule has 0 bridgehead atoms. The van der Waals surface area contributed by atoms with Crippen LogP contribution in [0.15, 0.2) is 72.8 Å². The van der Waals surface area contributed by atoms with Crippen molar-refractivity contribution in [3.8, 4) is 22.3 Å². The van der Waals surface area contributed by atoms with Crippen molar-refractivity contribution in [2.24, 2.45) is 0 Å². The van der Waals surface area contributed by atoms with E-state index in [0.29, 0.717) is 0 Å². The molecule has 0 saturated heterocycles. The van der Waals surface area contributed by atoms with Crippen LogP contribution in [0.3, 0.4) is 0 Å². The van der Waals surface area contributed by atoms with E-state index in [2.05, 4.69) is 79.7 Å². The fraction of sp³-hybridized carbons (Fsp3) is 0.308. The summed E-state index contributed by atoms with van der Waals surface area (Å²) in [6, 6.07) is 26.9. The van der Waals surface area contributed by atoms with Crippen LogP contribution in [0.25, 0.3) is 22.3 Å². The molecule has 0 aromatic heterocycles. The van der Waals surface area contributed by atoms with Crippen LogP contribution in [0, 0.1) is 0 Å². The van der Waals surface area contributed by atoms with Crippen LogP contribution in [0.4, 0.5) is 0 Å². The molecule has 1 aliphatic carbocycles. The average molecular weight is 341 g/mol. The molecule has 0 unspecified atom stereocenters. The summed E-state index contributed by atoms with van der Waals surface area (Å²) < 4.78 is 0. The fourth-order valence-electron chi connectivity index (χ4n) is 4.48. The smallest absolute Gasteiger partial charge is 0.00731 e. The van der Waals surface area contributed by atoms with Gasteiger partial charge in [0.2, 0.25) is 0 Å². The maximum Gasteiger partial charge on any atom is -0.00731 e. The molecule has 4 rings (SSSR count). The van der Waals surface area contributed by atoms with Gasteiger partial charge in [-0.3, -0.25) is 0 Å². The largest absolute Gasteiger partial charge is 0.0651 e. The molecule has 0 nitrogen and oxygen atoms in total. The van der Waals surface area contributed by atoms with Crippen LogP contribution in [0.1, 0.15) is 56.1 Å². The molecule has 3 aromatic carbocycles. The molecule has 0 spiro atoms. The molecule has 1 fully saturated rings. The predicted molar refractivity (Wildman–Crippen MR) is 113 cm³/mol. The van der Waals surface area contributed by atoms with Crippen molar-refractivity contribution in [2.45, 2.75) is 51.4 Å². The highest BCUT2D eigenvalue weighted by Gasteiger charge is 2.21. The average Bonchev–Trinajstić information content (AvgIpc) is 3.24. The summed E-state index contributed by atoms with van der Waals surface area (Å²) in [6.45, 7) is 2.29. The zero-order valence-corrected chi connectivity index (χ0v) is 15.7. The standard InChI is InChI=1S/C26H28/c1-2-11-23-18-24(20-12-9-10-13-20)19-25(21-14-5-3-6-15-21)26(23)22-16-7-4-8-17-22/h3-8,14-20H,2,9-13H2,1H3. The van der Waals surface area contributed by atoms with Crippen LogP contribution < -0.4 is 0 Å². The van der Waals surface area contributed by atoms with Gasteiger partial charge in [0.15, 0.2) is 0 Å². The Labute approximate surface area is 157 Å². The lowest BCUT2D eigenvalue weighted by molar-refractivity contribution is 0.721. The third-order valence-electron chi connectivity index (χ3n) is 5.74. The second kappa shape index (κ2) is 7.91. The molecule has 0 aliphatic heterocycles. The van der Waals surface area contributed by atoms with Gasteiger partial charge in [-0.1, -0.05) is 99.0 Å². The van der Waals surface area contributed by atoms with Crippen molar-refractivity contribution in [3.05, 3.63) is 83.9 Å². The Morgan fingerprint density at radius 2 is 1.38 bits per heavy atom. The lowest BCUT2D eigenvalue weighted by Gasteiger charge is -2.20. The molecule has 26 heavy (non-hydrogen) atoms. The Kier molecular flexibility index (Phi) is 5.20. The van der Waals surface area contributed by atoms with Crippen molar-refractivity contribution in [2.75, 3.05) is 0 Å². The first-order valence-corrected chi connectivity index (χ1v) is 10.1. The monoisotopic (exact) mass is 340 g/mol. The van der Waals surface area contributed by atoms with E-state index in [-0.39, 0.29) is 0 Å². The second-order valence-corrected chi connectivity index (χ2v) is 7.57. The first kappa shape index (κ1) is 17.1. The zero-order chi connectivity index (χ0) is 17.8. The third-order valence-corrected chi connectivity index (χ3v) is 5.74. The summed E-state index contributed by atoms with van der Waals surface area (Å²) in [7, 11) is 0. The predicted octanol–water partition coefficient (Wildman–Crippen LogP) is 7.63. The lowest BCUT2D eigenvalue weighted by atomic mass is 9.84. The van der Waals surface area contributed by atoms with E-state index < -0.39 is 0 Å². The minimum Gasteiger partial charge on any atom is -0.0651 e. The molecule has 0 heteroatoms. The van der Waals surface area contributed by atoms with Gasteiger partial charge in [-0.15, -0.1) is 0 Å². The number of hydrogen-bond donors (Lipinski definition) is 0. The van der Waals surface area contributed by atoms with Gasteiger partial charge in [-0.25, -0.2) is 0 Å². The van der Waals surface area contributed by atoms with E-state index in [4.69, 9.17) is 0 Å². The molecule has 1 aliphatic rings. The second-order valence-electron chi connectivity index (χ2n) is 7.57.